The number of morpholine rings is 1. The van der Waals surface area contributed by atoms with E-state index in [4.69, 9.17) is 9.15 Å². The number of amides is 1. The van der Waals surface area contributed by atoms with Crippen molar-refractivity contribution >= 4 is 5.91 Å². The number of aromatic nitrogens is 1. The molecule has 6 heteroatoms. The number of hydrogen-bond donors (Lipinski definition) is 1. The molecule has 1 N–H and O–H groups in total. The first-order valence-corrected chi connectivity index (χ1v) is 9.29. The van der Waals surface area contributed by atoms with Crippen LogP contribution in [0, 0.1) is 6.92 Å². The number of nitrogens with zero attached hydrogens (tertiary/aromatic N) is 2. The van der Waals surface area contributed by atoms with Crippen molar-refractivity contribution in [3.8, 4) is 11.3 Å². The minimum atomic E-state index is 0.0436. The van der Waals surface area contributed by atoms with Gasteiger partial charge in [0.25, 0.3) is 0 Å². The SMILES string of the molecule is Cc1ccc(-c2cnc(CCC(=O)NCCCN3CCOCC3)o2)cc1. The molecule has 0 bridgehead atoms. The van der Waals surface area contributed by atoms with Gasteiger partial charge in [0.1, 0.15) is 0 Å². The zero-order chi connectivity index (χ0) is 18.2. The number of rotatable bonds is 8. The van der Waals surface area contributed by atoms with Gasteiger partial charge in [-0.2, -0.15) is 0 Å². The summed E-state index contributed by atoms with van der Waals surface area (Å²) in [6, 6.07) is 8.12. The average molecular weight is 357 g/mol. The van der Waals surface area contributed by atoms with E-state index in [1.54, 1.807) is 6.20 Å². The van der Waals surface area contributed by atoms with E-state index in [9.17, 15) is 4.79 Å². The highest BCUT2D eigenvalue weighted by Gasteiger charge is 2.11. The molecule has 0 atom stereocenters. The fraction of sp³-hybridized carbons (Fsp3) is 0.500. The number of ether oxygens (including phenoxy) is 1. The van der Waals surface area contributed by atoms with Crippen LogP contribution in [0.5, 0.6) is 0 Å². The van der Waals surface area contributed by atoms with Gasteiger partial charge < -0.3 is 14.5 Å². The predicted molar refractivity (Wildman–Crippen MR) is 99.9 cm³/mol. The number of nitrogens with one attached hydrogen (secondary N) is 1. The summed E-state index contributed by atoms with van der Waals surface area (Å²) < 4.78 is 11.1. The second kappa shape index (κ2) is 9.50. The lowest BCUT2D eigenvalue weighted by Crippen LogP contribution is -2.38. The van der Waals surface area contributed by atoms with E-state index in [2.05, 4.69) is 22.1 Å². The maximum atomic E-state index is 12.0. The summed E-state index contributed by atoms with van der Waals surface area (Å²) in [6.45, 7) is 7.36. The van der Waals surface area contributed by atoms with Crippen LogP contribution in [-0.4, -0.2) is 55.2 Å². The zero-order valence-electron chi connectivity index (χ0n) is 15.4. The fourth-order valence-corrected chi connectivity index (χ4v) is 2.94. The summed E-state index contributed by atoms with van der Waals surface area (Å²) in [5.74, 6) is 1.39. The molecule has 6 nitrogen and oxygen atoms in total. The van der Waals surface area contributed by atoms with Gasteiger partial charge in [0.2, 0.25) is 5.91 Å². The smallest absolute Gasteiger partial charge is 0.220 e. The molecule has 26 heavy (non-hydrogen) atoms. The topological polar surface area (TPSA) is 67.6 Å². The van der Waals surface area contributed by atoms with Crippen molar-refractivity contribution < 1.29 is 13.9 Å². The number of oxazole rings is 1. The molecule has 1 fully saturated rings. The largest absolute Gasteiger partial charge is 0.441 e. The van der Waals surface area contributed by atoms with Gasteiger partial charge in [0, 0.05) is 38.0 Å². The third-order valence-corrected chi connectivity index (χ3v) is 4.53. The quantitative estimate of drug-likeness (QED) is 0.735. The Balaban J connectivity index is 1.34. The van der Waals surface area contributed by atoms with Gasteiger partial charge in [-0.25, -0.2) is 4.98 Å². The summed E-state index contributed by atoms with van der Waals surface area (Å²) >= 11 is 0. The molecule has 1 aromatic carbocycles. The molecular formula is C20H27N3O3. The lowest BCUT2D eigenvalue weighted by Gasteiger charge is -2.26. The Hall–Kier alpha value is -2.18. The van der Waals surface area contributed by atoms with E-state index in [1.165, 1.54) is 5.56 Å². The molecule has 0 unspecified atom stereocenters. The van der Waals surface area contributed by atoms with Crippen LogP contribution in [0.25, 0.3) is 11.3 Å². The highest BCUT2D eigenvalue weighted by molar-refractivity contribution is 5.76. The highest BCUT2D eigenvalue weighted by atomic mass is 16.5. The van der Waals surface area contributed by atoms with Crippen LogP contribution in [0.4, 0.5) is 0 Å². The lowest BCUT2D eigenvalue weighted by atomic mass is 10.1. The van der Waals surface area contributed by atoms with Crippen molar-refractivity contribution in [1.82, 2.24) is 15.2 Å². The van der Waals surface area contributed by atoms with Crippen molar-refractivity contribution in [2.75, 3.05) is 39.4 Å². The van der Waals surface area contributed by atoms with Gasteiger partial charge in [-0.05, 0) is 19.9 Å². The van der Waals surface area contributed by atoms with Crippen LogP contribution in [0.2, 0.25) is 0 Å². The molecule has 0 saturated carbocycles. The first-order chi connectivity index (χ1) is 12.7. The molecule has 0 radical (unpaired) electrons. The van der Waals surface area contributed by atoms with Gasteiger partial charge in [-0.15, -0.1) is 0 Å². The molecule has 1 saturated heterocycles. The Kier molecular flexibility index (Phi) is 6.80. The van der Waals surface area contributed by atoms with E-state index in [-0.39, 0.29) is 5.91 Å². The third-order valence-electron chi connectivity index (χ3n) is 4.53. The minimum absolute atomic E-state index is 0.0436. The molecule has 2 heterocycles. The van der Waals surface area contributed by atoms with E-state index in [0.29, 0.717) is 25.3 Å². The third kappa shape index (κ3) is 5.68. The number of carbonyl (C=O) groups excluding carboxylic acids is 1. The molecule has 0 aliphatic carbocycles. The monoisotopic (exact) mass is 357 g/mol. The Morgan fingerprint density at radius 1 is 1.23 bits per heavy atom. The Morgan fingerprint density at radius 3 is 2.77 bits per heavy atom. The summed E-state index contributed by atoms with van der Waals surface area (Å²) in [5.41, 5.74) is 2.21. The molecule has 3 rings (SSSR count). The maximum absolute atomic E-state index is 12.0. The number of carbonyl (C=O) groups is 1. The molecule has 1 amide bonds. The van der Waals surface area contributed by atoms with Crippen LogP contribution in [0.15, 0.2) is 34.9 Å². The summed E-state index contributed by atoms with van der Waals surface area (Å²) in [5, 5.41) is 2.97. The molecule has 2 aromatic rings. The normalized spacial score (nSPS) is 15.1. The standard InChI is InChI=1S/C20H27N3O3/c1-16-3-5-17(6-4-16)18-15-22-20(26-18)8-7-19(24)21-9-2-10-23-11-13-25-14-12-23/h3-6,15H,2,7-14H2,1H3,(H,21,24). The summed E-state index contributed by atoms with van der Waals surface area (Å²) in [6.07, 6.45) is 3.59. The van der Waals surface area contributed by atoms with Crippen molar-refractivity contribution in [2.24, 2.45) is 0 Å². The van der Waals surface area contributed by atoms with E-state index < -0.39 is 0 Å². The van der Waals surface area contributed by atoms with Crippen LogP contribution >= 0.6 is 0 Å². The van der Waals surface area contributed by atoms with Crippen LogP contribution in [0.3, 0.4) is 0 Å². The second-order valence-electron chi connectivity index (χ2n) is 6.64. The van der Waals surface area contributed by atoms with Crippen molar-refractivity contribution in [3.05, 3.63) is 41.9 Å². The van der Waals surface area contributed by atoms with Crippen molar-refractivity contribution in [3.63, 3.8) is 0 Å². The van der Waals surface area contributed by atoms with Gasteiger partial charge in [0.15, 0.2) is 11.7 Å². The van der Waals surface area contributed by atoms with Gasteiger partial charge in [-0.3, -0.25) is 9.69 Å². The lowest BCUT2D eigenvalue weighted by molar-refractivity contribution is -0.121. The van der Waals surface area contributed by atoms with Crippen LogP contribution in [-0.2, 0) is 16.0 Å². The molecule has 1 aromatic heterocycles. The Morgan fingerprint density at radius 2 is 2.00 bits per heavy atom. The first-order valence-electron chi connectivity index (χ1n) is 9.29. The molecule has 1 aliphatic heterocycles. The predicted octanol–water partition coefficient (Wildman–Crippen LogP) is 2.42. The molecular weight excluding hydrogens is 330 g/mol. The van der Waals surface area contributed by atoms with E-state index in [1.807, 2.05) is 24.3 Å². The van der Waals surface area contributed by atoms with Gasteiger partial charge in [-0.1, -0.05) is 29.8 Å². The van der Waals surface area contributed by atoms with E-state index in [0.717, 1.165) is 50.6 Å². The second-order valence-corrected chi connectivity index (χ2v) is 6.64. The molecule has 140 valence electrons. The molecule has 1 aliphatic rings. The van der Waals surface area contributed by atoms with E-state index >= 15 is 0 Å². The van der Waals surface area contributed by atoms with Crippen LogP contribution in [0.1, 0.15) is 24.3 Å². The van der Waals surface area contributed by atoms with Crippen molar-refractivity contribution in [2.45, 2.75) is 26.2 Å². The highest BCUT2D eigenvalue weighted by Crippen LogP contribution is 2.21. The first kappa shape index (κ1) is 18.6. The fourth-order valence-electron chi connectivity index (χ4n) is 2.94. The van der Waals surface area contributed by atoms with Crippen molar-refractivity contribution in [1.29, 1.82) is 0 Å². The summed E-state index contributed by atoms with van der Waals surface area (Å²) in [4.78, 5) is 18.6. The molecule has 0 spiro atoms. The number of benzene rings is 1. The average Bonchev–Trinajstić information content (AvgIpc) is 3.14. The zero-order valence-corrected chi connectivity index (χ0v) is 15.4. The Labute approximate surface area is 154 Å². The summed E-state index contributed by atoms with van der Waals surface area (Å²) in [7, 11) is 0. The van der Waals surface area contributed by atoms with Gasteiger partial charge in [0.05, 0.1) is 19.4 Å². The van der Waals surface area contributed by atoms with Gasteiger partial charge >= 0.3 is 0 Å². The number of aryl methyl sites for hydroxylation is 2. The Bertz CT molecular complexity index is 691. The van der Waals surface area contributed by atoms with Crippen LogP contribution < -0.4 is 5.32 Å². The number of hydrogen-bond acceptors (Lipinski definition) is 5. The maximum Gasteiger partial charge on any atom is 0.220 e. The minimum Gasteiger partial charge on any atom is -0.441 e.